The maximum absolute atomic E-state index is 14.5. The van der Waals surface area contributed by atoms with Crippen molar-refractivity contribution >= 4 is 76.2 Å². The van der Waals surface area contributed by atoms with Crippen molar-refractivity contribution in [3.05, 3.63) is 95.2 Å². The number of fused-ring (bicyclic) bond motifs is 4. The molecule has 5 fully saturated rings. The number of aliphatic hydroxyl groups excluding tert-OH is 9. The van der Waals surface area contributed by atoms with Crippen molar-refractivity contribution in [1.82, 2.24) is 9.80 Å². The zero-order chi connectivity index (χ0) is 111. The fraction of sp³-hybridized carbons (Fsp3) is 0.741. The number of ether oxygens (including phenoxy) is 11. The van der Waals surface area contributed by atoms with Crippen LogP contribution in [0.25, 0.3) is 0 Å². The van der Waals surface area contributed by atoms with E-state index in [2.05, 4.69) is 0 Å². The van der Waals surface area contributed by atoms with Crippen LogP contribution >= 0.6 is 0 Å². The molecule has 148 heavy (non-hydrogen) atoms. The highest BCUT2D eigenvalue weighted by molar-refractivity contribution is 6.63. The number of carbonyl (C=O) groups excluding carboxylic acids is 13. The van der Waals surface area contributed by atoms with Gasteiger partial charge >= 0.3 is 23.9 Å². The van der Waals surface area contributed by atoms with Crippen molar-refractivity contribution in [3.63, 3.8) is 0 Å². The second-order valence-electron chi connectivity index (χ2n) is 43.4. The van der Waals surface area contributed by atoms with Gasteiger partial charge in [0.25, 0.3) is 23.4 Å². The van der Waals surface area contributed by atoms with Gasteiger partial charge in [0.05, 0.1) is 75.3 Å². The summed E-state index contributed by atoms with van der Waals surface area (Å²) >= 11 is 0. The van der Waals surface area contributed by atoms with Crippen molar-refractivity contribution < 1.29 is 165 Å². The molecule has 5 heterocycles. The molecule has 0 aromatic rings. The van der Waals surface area contributed by atoms with E-state index in [1.807, 2.05) is 58.9 Å². The number of methoxy groups -OCH3 is 6. The van der Waals surface area contributed by atoms with Crippen LogP contribution in [0.5, 0.6) is 0 Å². The summed E-state index contributed by atoms with van der Waals surface area (Å²) in [6.45, 7) is 24.1. The second kappa shape index (κ2) is 61.0. The molecule has 4 unspecified atom stereocenters. The summed E-state index contributed by atoms with van der Waals surface area (Å²) < 4.78 is 64.2. The summed E-state index contributed by atoms with van der Waals surface area (Å²) in [5, 5.41) is 107. The van der Waals surface area contributed by atoms with E-state index in [4.69, 9.17) is 52.1 Å². The fourth-order valence-electron chi connectivity index (χ4n) is 20.8. The molecule has 0 spiro atoms. The summed E-state index contributed by atoms with van der Waals surface area (Å²) in [7, 11) is 8.61. The molecule has 7 rings (SSSR count). The van der Waals surface area contributed by atoms with Crippen LogP contribution in [0.4, 0.5) is 0 Å². The maximum Gasteiger partial charge on any atom is 0.329 e. The Balaban J connectivity index is 0.000000452. The molecular formula is C112H174N2O34. The second-order valence-corrected chi connectivity index (χ2v) is 43.4. The summed E-state index contributed by atoms with van der Waals surface area (Å²) in [6, 6.07) is -2.51. The number of amides is 2. The van der Waals surface area contributed by atoms with E-state index in [0.717, 1.165) is 20.9 Å². The third-order valence-electron chi connectivity index (χ3n) is 31.5. The molecule has 0 aromatic heterocycles. The molecule has 836 valence electrons. The predicted octanol–water partition coefficient (Wildman–Crippen LogP) is 9.23. The zero-order valence-corrected chi connectivity index (χ0v) is 91.2. The Kier molecular flexibility index (Phi) is 52.9. The van der Waals surface area contributed by atoms with Crippen LogP contribution in [-0.2, 0) is 114 Å². The number of piperidine rings is 2. The van der Waals surface area contributed by atoms with Gasteiger partial charge in [0.15, 0.2) is 11.6 Å². The van der Waals surface area contributed by atoms with Crippen molar-refractivity contribution in [2.24, 2.45) is 81.8 Å². The van der Waals surface area contributed by atoms with E-state index >= 15 is 0 Å². The van der Waals surface area contributed by atoms with Crippen molar-refractivity contribution in [3.8, 4) is 0 Å². The van der Waals surface area contributed by atoms with Gasteiger partial charge in [0.2, 0.25) is 11.6 Å². The quantitative estimate of drug-likeness (QED) is 0.0235. The number of ketones is 7. The first-order valence-electron chi connectivity index (χ1n) is 52.8. The van der Waals surface area contributed by atoms with E-state index in [-0.39, 0.29) is 98.7 Å². The van der Waals surface area contributed by atoms with Crippen LogP contribution < -0.4 is 0 Å². The Morgan fingerprint density at radius 1 is 0.473 bits per heavy atom. The smallest absolute Gasteiger partial charge is 0.329 e. The molecule has 0 aromatic carbocycles. The van der Waals surface area contributed by atoms with Gasteiger partial charge in [-0.15, -0.1) is 0 Å². The number of Topliss-reactive ketones (excluding diaryl/α,β-unsaturated/α-hetero) is 7. The van der Waals surface area contributed by atoms with Gasteiger partial charge in [-0.25, -0.2) is 9.59 Å². The van der Waals surface area contributed by atoms with Gasteiger partial charge < -0.3 is 113 Å². The van der Waals surface area contributed by atoms with Crippen LogP contribution in [0.1, 0.15) is 252 Å². The average molecular weight is 2090 g/mol. The van der Waals surface area contributed by atoms with Crippen LogP contribution in [0, 0.1) is 81.8 Å². The maximum atomic E-state index is 14.5. The van der Waals surface area contributed by atoms with Crippen molar-refractivity contribution in [1.29, 1.82) is 0 Å². The molecular weight excluding hydrogens is 1920 g/mol. The first-order chi connectivity index (χ1) is 69.8. The minimum atomic E-state index is -2.49. The lowest BCUT2D eigenvalue weighted by molar-refractivity contribution is -0.265. The molecule has 5 aliphatic heterocycles. The monoisotopic (exact) mass is 2090 g/mol. The zero-order valence-electron chi connectivity index (χ0n) is 91.2. The lowest BCUT2D eigenvalue weighted by Gasteiger charge is -2.42. The third-order valence-corrected chi connectivity index (χ3v) is 31.5. The number of allylic oxidation sites excluding steroid dienone is 11. The van der Waals surface area contributed by atoms with Gasteiger partial charge in [-0.3, -0.25) is 52.7 Å². The van der Waals surface area contributed by atoms with E-state index in [0.29, 0.717) is 102 Å². The fourth-order valence-corrected chi connectivity index (χ4v) is 20.8. The minimum absolute atomic E-state index is 0.0306. The largest absolute Gasteiger partial charge is 0.460 e. The van der Waals surface area contributed by atoms with Gasteiger partial charge in [0, 0.05) is 129 Å². The average Bonchev–Trinajstić information content (AvgIpc) is 0.768. The minimum Gasteiger partial charge on any atom is -0.460 e. The summed E-state index contributed by atoms with van der Waals surface area (Å²) in [6.07, 6.45) is 12.1. The third kappa shape index (κ3) is 35.4. The highest BCUT2D eigenvalue weighted by Crippen LogP contribution is 2.42. The van der Waals surface area contributed by atoms with Crippen LogP contribution in [-0.4, -0.2) is 335 Å². The van der Waals surface area contributed by atoms with E-state index < -0.39 is 265 Å². The number of aliphatic hydroxyl groups is 10. The number of rotatable bonds is 20. The first kappa shape index (κ1) is 128. The molecule has 10 N–H and O–H groups in total. The SMILES string of the molecule is CO[C@H]1CC(O)CC(O)[C@@H](C)C(=O)C(=O)C(=O)N2CCCC[C@H]2C(=O)O[C@H]([C@H](C)C[C@@H]2CC[C@@H](OC(=O)C(C)(CO)CO)[C@H](OC)C2)CC(=O)[C@H](C)/C=C(\C)[C@@H](O)[C@@H](OC)C(=O)[C@H](C)C[C@H](C)/C=C/C=C/C=C1C.CO[C@H]1CC2CC[C@@H](C)[C@@](O)(O2)C(=O)C(=O)N2CCCC[C@H]2C(=O)O[C@H]([C@H](C)C[C@@H]2CC[C@@H](OC(=O)C(C)(CO)CO)[C@H](OC)C2)CC(=O)[C@H](C)/C=C(\C)[C@@H](O)[C@@H](OC)C(=O)[C@H](C)C(O)[C@H](C)/C=C/C=CC=C1C. The number of hydrogen-bond acceptors (Lipinski definition) is 34. The van der Waals surface area contributed by atoms with Crippen molar-refractivity contribution in [2.45, 2.75) is 368 Å². The molecule has 2 bridgehead atoms. The molecule has 2 saturated carbocycles. The molecule has 36 nitrogen and oxygen atoms in total. The Morgan fingerprint density at radius 2 is 0.905 bits per heavy atom. The Bertz CT molecular complexity index is 4640. The molecule has 36 heteroatoms. The lowest BCUT2D eigenvalue weighted by atomic mass is 9.78. The van der Waals surface area contributed by atoms with E-state index in [1.54, 1.807) is 97.9 Å². The highest BCUT2D eigenvalue weighted by atomic mass is 16.6. The standard InChI is InChI=1S/2C56H87NO17/c1-32-17-13-12-14-18-33(2)47(61)38(7)49(63)50(71-11)48(62)36(5)25-34(3)42(60)29-45(35(4)26-39-21-23-43(46(27-39)70-10)73-54(67)55(8,30-58)31-59)72-53(66)41-19-15-16-24-57(41)52(65)51(64)56(68)37(6)20-22-40(74-56)28-44(32)69-9;1-32-17-13-12-14-18-33(2)45(70-9)28-40(60)27-43(62)38(7)50(65)51(66)53(67)57-22-16-15-19-41(57)54(68)73-46(29-42(61)34(3)24-37(6)49(64)52(72-11)48(63)36(5)23-32)35(4)25-39-20-21-44(47(26-39)71-10)74-55(69)56(8,30-58)31-59/h12-14,17-18,25,33-35,37-41,43-48,50,58-59,61-62,68H,15-16,19-24,26-31H2,1-11H3;12-14,17-18,24,32,34-36,38-41,43-47,49,52,58-60,62,64H,15-16,19-23,25-31H2,1-11H3/b13-12?,18-14+,32-17?,36-25+;14-12+,17-13+,33-18?,37-24+/t33-,34-,35-,37-,38-,39+,40?,41+,43-,44+,45+,46-,47?,48-,50-,56-;32-,34-,35-,36-,38-,39+,40?,41+,43?,44-,45+,46+,47-,49-,52+/m11/s1. The molecule has 2 amide bonds. The highest BCUT2D eigenvalue weighted by Gasteiger charge is 2.55. The van der Waals surface area contributed by atoms with Gasteiger partial charge in [-0.1, -0.05) is 142 Å². The summed E-state index contributed by atoms with van der Waals surface area (Å²) in [4.78, 5) is 183. The number of hydrogen-bond donors (Lipinski definition) is 10. The molecule has 2 aliphatic carbocycles. The first-order valence-corrected chi connectivity index (χ1v) is 52.8. The molecule has 3 saturated heterocycles. The number of cyclic esters (lactones) is 2. The Hall–Kier alpha value is -8.25. The summed E-state index contributed by atoms with van der Waals surface area (Å²) in [5.41, 5.74) is -0.849. The topological polar surface area (TPSA) is 532 Å². The van der Waals surface area contributed by atoms with Gasteiger partial charge in [0.1, 0.15) is 83.3 Å². The summed E-state index contributed by atoms with van der Waals surface area (Å²) in [5.74, 6) is -20.3. The lowest BCUT2D eigenvalue weighted by Crippen LogP contribution is -2.61. The molecule has 0 radical (unpaired) electrons. The van der Waals surface area contributed by atoms with E-state index in [1.165, 1.54) is 69.5 Å². The van der Waals surface area contributed by atoms with Gasteiger partial charge in [-0.05, 0) is 203 Å². The Labute approximate surface area is 874 Å². The van der Waals surface area contributed by atoms with E-state index in [9.17, 15) is 113 Å². The number of nitrogens with zero attached hydrogens (tertiary/aromatic N) is 2. The van der Waals surface area contributed by atoms with Gasteiger partial charge in [-0.2, -0.15) is 0 Å². The number of carbonyl (C=O) groups is 13. The molecule has 31 atom stereocenters. The normalized spacial score (nSPS) is 36.0. The van der Waals surface area contributed by atoms with Crippen molar-refractivity contribution in [2.75, 3.05) is 82.2 Å². The van der Waals surface area contributed by atoms with Crippen LogP contribution in [0.15, 0.2) is 95.2 Å². The Morgan fingerprint density at radius 3 is 1.34 bits per heavy atom. The molecule has 7 aliphatic rings. The number of esters is 4. The predicted molar refractivity (Wildman–Crippen MR) is 547 cm³/mol. The van der Waals surface area contributed by atoms with Crippen LogP contribution in [0.3, 0.4) is 0 Å². The van der Waals surface area contributed by atoms with Crippen LogP contribution in [0.2, 0.25) is 0 Å².